The Kier molecular flexibility index (Phi) is 5.06. The first-order chi connectivity index (χ1) is 9.93. The third-order valence-corrected chi connectivity index (χ3v) is 4.09. The van der Waals surface area contributed by atoms with Gasteiger partial charge >= 0.3 is 0 Å². The highest BCUT2D eigenvalue weighted by atomic mass is 35.5. The first kappa shape index (κ1) is 16.0. The lowest BCUT2D eigenvalue weighted by molar-refractivity contribution is -0.385. The lowest BCUT2D eigenvalue weighted by Gasteiger charge is -2.40. The number of nitrogens with zero attached hydrogens (tertiary/aromatic N) is 1. The molecule has 0 saturated heterocycles. The molecule has 0 heterocycles. The van der Waals surface area contributed by atoms with Gasteiger partial charge in [-0.25, -0.2) is 0 Å². The molecule has 0 bridgehead atoms. The molecule has 21 heavy (non-hydrogen) atoms. The molecule has 1 aliphatic rings. The Morgan fingerprint density at radius 3 is 2.67 bits per heavy atom. The van der Waals surface area contributed by atoms with Gasteiger partial charge < -0.3 is 9.47 Å². The minimum absolute atomic E-state index is 0.0534. The normalized spacial score (nSPS) is 24.5. The summed E-state index contributed by atoms with van der Waals surface area (Å²) in [4.78, 5) is 10.6. The number of halogens is 1. The van der Waals surface area contributed by atoms with Crippen molar-refractivity contribution in [3.05, 3.63) is 33.4 Å². The second-order valence-corrected chi connectivity index (χ2v) is 5.97. The molecule has 0 aliphatic heterocycles. The topological polar surface area (TPSA) is 61.6 Å². The van der Waals surface area contributed by atoms with Crippen molar-refractivity contribution in [2.45, 2.75) is 51.2 Å². The van der Waals surface area contributed by atoms with Gasteiger partial charge in [-0.05, 0) is 31.9 Å². The third-order valence-electron chi connectivity index (χ3n) is 3.66. The fourth-order valence-electron chi connectivity index (χ4n) is 2.42. The van der Waals surface area contributed by atoms with Gasteiger partial charge in [0.05, 0.1) is 16.4 Å². The number of hydrogen-bond donors (Lipinski definition) is 0. The smallest absolute Gasteiger partial charge is 0.276 e. The van der Waals surface area contributed by atoms with Crippen LogP contribution in [0.2, 0.25) is 0 Å². The highest BCUT2D eigenvalue weighted by Gasteiger charge is 2.43. The first-order valence-corrected chi connectivity index (χ1v) is 7.55. The van der Waals surface area contributed by atoms with E-state index in [1.54, 1.807) is 13.0 Å². The van der Waals surface area contributed by atoms with E-state index in [0.29, 0.717) is 24.3 Å². The summed E-state index contributed by atoms with van der Waals surface area (Å²) in [5.74, 6) is 0.533. The highest BCUT2D eigenvalue weighted by molar-refractivity contribution is 6.21. The summed E-state index contributed by atoms with van der Waals surface area (Å²) >= 11 is 6.15. The Hall–Kier alpha value is -1.33. The summed E-state index contributed by atoms with van der Waals surface area (Å²) in [7, 11) is 0. The van der Waals surface area contributed by atoms with Gasteiger partial charge in [-0.1, -0.05) is 6.92 Å². The maximum atomic E-state index is 11.0. The second-order valence-electron chi connectivity index (χ2n) is 5.40. The molecule has 1 aromatic carbocycles. The molecule has 116 valence electrons. The summed E-state index contributed by atoms with van der Waals surface area (Å²) in [5, 5.41) is 11.0. The monoisotopic (exact) mass is 313 g/mol. The summed E-state index contributed by atoms with van der Waals surface area (Å²) < 4.78 is 11.6. The Bertz CT molecular complexity index is 535. The minimum Gasteiger partial charge on any atom is -0.487 e. The fourth-order valence-corrected chi connectivity index (χ4v) is 2.83. The maximum absolute atomic E-state index is 11.0. The number of alkyl halides is 1. The molecule has 3 unspecified atom stereocenters. The highest BCUT2D eigenvalue weighted by Crippen LogP contribution is 2.36. The number of benzene rings is 1. The fraction of sp³-hybridized carbons (Fsp3) is 0.600. The van der Waals surface area contributed by atoms with Crippen LogP contribution in [-0.4, -0.2) is 29.1 Å². The van der Waals surface area contributed by atoms with Crippen molar-refractivity contribution in [2.75, 3.05) is 6.61 Å². The van der Waals surface area contributed by atoms with Gasteiger partial charge in [-0.3, -0.25) is 10.1 Å². The van der Waals surface area contributed by atoms with E-state index in [9.17, 15) is 10.1 Å². The molecule has 1 saturated carbocycles. The van der Waals surface area contributed by atoms with E-state index in [0.717, 1.165) is 12.0 Å². The van der Waals surface area contributed by atoms with Gasteiger partial charge in [-0.2, -0.15) is 0 Å². The molecule has 0 aromatic heterocycles. The molecule has 5 nitrogen and oxygen atoms in total. The Morgan fingerprint density at radius 2 is 2.10 bits per heavy atom. The number of ether oxygens (including phenoxy) is 2. The van der Waals surface area contributed by atoms with Crippen molar-refractivity contribution >= 4 is 17.3 Å². The summed E-state index contributed by atoms with van der Waals surface area (Å²) in [6.07, 6.45) is 1.32. The summed E-state index contributed by atoms with van der Waals surface area (Å²) in [5.41, 5.74) is 1.58. The first-order valence-electron chi connectivity index (χ1n) is 7.12. The van der Waals surface area contributed by atoms with Crippen molar-refractivity contribution < 1.29 is 14.4 Å². The number of aryl methyl sites for hydroxylation is 2. The van der Waals surface area contributed by atoms with Crippen LogP contribution in [0, 0.1) is 24.0 Å². The number of hydrogen-bond acceptors (Lipinski definition) is 4. The maximum Gasteiger partial charge on any atom is 0.276 e. The van der Waals surface area contributed by atoms with Crippen LogP contribution < -0.4 is 4.74 Å². The van der Waals surface area contributed by atoms with Crippen LogP contribution in [0.25, 0.3) is 0 Å². The zero-order valence-corrected chi connectivity index (χ0v) is 13.2. The van der Waals surface area contributed by atoms with Crippen LogP contribution in [-0.2, 0) is 4.74 Å². The molecular formula is C15H20ClNO4. The zero-order valence-electron chi connectivity index (χ0n) is 12.5. The van der Waals surface area contributed by atoms with Crippen LogP contribution in [0.4, 0.5) is 5.69 Å². The molecule has 2 rings (SSSR count). The van der Waals surface area contributed by atoms with E-state index in [1.807, 2.05) is 13.8 Å². The van der Waals surface area contributed by atoms with Gasteiger partial charge in [0.15, 0.2) is 0 Å². The average Bonchev–Trinajstić information content (AvgIpc) is 2.40. The zero-order chi connectivity index (χ0) is 15.6. The molecule has 0 spiro atoms. The van der Waals surface area contributed by atoms with E-state index in [2.05, 4.69) is 0 Å². The quantitative estimate of drug-likeness (QED) is 0.455. The minimum atomic E-state index is -0.391. The molecule has 1 fully saturated rings. The van der Waals surface area contributed by atoms with Crippen molar-refractivity contribution in [1.82, 2.24) is 0 Å². The van der Waals surface area contributed by atoms with Crippen LogP contribution in [0.1, 0.15) is 30.9 Å². The van der Waals surface area contributed by atoms with E-state index >= 15 is 0 Å². The molecule has 1 aliphatic carbocycles. The predicted molar refractivity (Wildman–Crippen MR) is 81.3 cm³/mol. The van der Waals surface area contributed by atoms with Crippen LogP contribution in [0.3, 0.4) is 0 Å². The SMILES string of the molecule is CCCOC1C(Cl)CC1Oc1cc([N+](=O)[O-])c(C)cc1C. The number of rotatable bonds is 6. The third kappa shape index (κ3) is 3.47. The number of nitro benzene ring substituents is 1. The molecule has 0 amide bonds. The van der Waals surface area contributed by atoms with Crippen LogP contribution in [0.5, 0.6) is 5.75 Å². The van der Waals surface area contributed by atoms with E-state index in [1.165, 1.54) is 6.07 Å². The van der Waals surface area contributed by atoms with E-state index < -0.39 is 4.92 Å². The van der Waals surface area contributed by atoms with Crippen molar-refractivity contribution in [3.63, 3.8) is 0 Å². The van der Waals surface area contributed by atoms with Crippen LogP contribution in [0.15, 0.2) is 12.1 Å². The van der Waals surface area contributed by atoms with Crippen LogP contribution >= 0.6 is 11.6 Å². The number of nitro groups is 1. The molecule has 1 aromatic rings. The molecular weight excluding hydrogens is 294 g/mol. The van der Waals surface area contributed by atoms with E-state index in [4.69, 9.17) is 21.1 Å². The largest absolute Gasteiger partial charge is 0.487 e. The Morgan fingerprint density at radius 1 is 1.38 bits per heavy atom. The standard InChI is InChI=1S/C15H20ClNO4/c1-4-5-20-15-11(16)7-14(15)21-13-8-12(17(18)19)9(2)6-10(13)3/h6,8,11,14-15H,4-5,7H2,1-3H3. The predicted octanol–water partition coefficient (Wildman–Crippen LogP) is 3.77. The molecule has 0 N–H and O–H groups in total. The van der Waals surface area contributed by atoms with Gasteiger partial charge in [0.1, 0.15) is 18.0 Å². The Labute approximate surface area is 129 Å². The average molecular weight is 314 g/mol. The molecule has 3 atom stereocenters. The van der Waals surface area contributed by atoms with Gasteiger partial charge in [-0.15, -0.1) is 11.6 Å². The molecule has 6 heteroatoms. The van der Waals surface area contributed by atoms with E-state index in [-0.39, 0.29) is 23.3 Å². The Balaban J connectivity index is 2.12. The van der Waals surface area contributed by atoms with Crippen molar-refractivity contribution in [1.29, 1.82) is 0 Å². The summed E-state index contributed by atoms with van der Waals surface area (Å²) in [6.45, 7) is 6.27. The molecule has 0 radical (unpaired) electrons. The van der Waals surface area contributed by atoms with Crippen molar-refractivity contribution in [2.24, 2.45) is 0 Å². The van der Waals surface area contributed by atoms with Gasteiger partial charge in [0.2, 0.25) is 0 Å². The van der Waals surface area contributed by atoms with Gasteiger partial charge in [0, 0.05) is 18.6 Å². The van der Waals surface area contributed by atoms with Crippen molar-refractivity contribution in [3.8, 4) is 5.75 Å². The van der Waals surface area contributed by atoms with Gasteiger partial charge in [0.25, 0.3) is 5.69 Å². The lowest BCUT2D eigenvalue weighted by atomic mass is 9.90. The second kappa shape index (κ2) is 6.62. The summed E-state index contributed by atoms with van der Waals surface area (Å²) in [6, 6.07) is 3.26. The lowest BCUT2D eigenvalue weighted by Crippen LogP contribution is -2.52.